The van der Waals surface area contributed by atoms with Gasteiger partial charge in [0, 0.05) is 11.7 Å². The number of rotatable bonds is 5. The fraction of sp³-hybridized carbons (Fsp3) is 0.667. The molecule has 1 nitrogen and oxygen atoms in total. The van der Waals surface area contributed by atoms with Crippen LogP contribution in [0, 0.1) is 11.8 Å². The Morgan fingerprint density at radius 2 is 1.89 bits per heavy atom. The molecule has 1 aliphatic carbocycles. The minimum Gasteiger partial charge on any atom is -0.382 e. The molecule has 1 fully saturated rings. The van der Waals surface area contributed by atoms with E-state index in [0.29, 0.717) is 6.04 Å². The first-order valence-corrected chi connectivity index (χ1v) is 8.04. The first-order valence-electron chi connectivity index (χ1n) is 8.04. The maximum absolute atomic E-state index is 3.74. The van der Waals surface area contributed by atoms with Crippen molar-refractivity contribution in [2.75, 3.05) is 5.32 Å². The summed E-state index contributed by atoms with van der Waals surface area (Å²) in [5, 5.41) is 3.74. The minimum atomic E-state index is 0.679. The zero-order chi connectivity index (χ0) is 13.7. The number of aryl methyl sites for hydroxylation is 1. The van der Waals surface area contributed by atoms with E-state index in [9.17, 15) is 0 Å². The van der Waals surface area contributed by atoms with Gasteiger partial charge in [-0.25, -0.2) is 0 Å². The van der Waals surface area contributed by atoms with Gasteiger partial charge in [0.15, 0.2) is 0 Å². The largest absolute Gasteiger partial charge is 0.382 e. The van der Waals surface area contributed by atoms with Gasteiger partial charge in [0.1, 0.15) is 0 Å². The molecule has 2 unspecified atom stereocenters. The average molecular weight is 259 g/mol. The van der Waals surface area contributed by atoms with Crippen LogP contribution < -0.4 is 5.32 Å². The summed E-state index contributed by atoms with van der Waals surface area (Å²) in [6, 6.07) is 9.73. The van der Waals surface area contributed by atoms with E-state index in [0.717, 1.165) is 11.8 Å². The Balaban J connectivity index is 1.89. The predicted octanol–water partition coefficient (Wildman–Crippen LogP) is 5.27. The van der Waals surface area contributed by atoms with Crippen LogP contribution in [-0.4, -0.2) is 6.04 Å². The first-order chi connectivity index (χ1) is 9.19. The van der Waals surface area contributed by atoms with Gasteiger partial charge in [-0.3, -0.25) is 0 Å². The zero-order valence-corrected chi connectivity index (χ0v) is 12.8. The van der Waals surface area contributed by atoms with Crippen molar-refractivity contribution < 1.29 is 0 Å². The van der Waals surface area contributed by atoms with Crippen molar-refractivity contribution in [1.29, 1.82) is 0 Å². The predicted molar refractivity (Wildman–Crippen MR) is 84.6 cm³/mol. The summed E-state index contributed by atoms with van der Waals surface area (Å²) in [6.45, 7) is 6.97. The quantitative estimate of drug-likeness (QED) is 0.760. The van der Waals surface area contributed by atoms with Crippen LogP contribution in [0.1, 0.15) is 58.4 Å². The van der Waals surface area contributed by atoms with Crippen LogP contribution in [0.4, 0.5) is 5.69 Å². The summed E-state index contributed by atoms with van der Waals surface area (Å²) < 4.78 is 0. The minimum absolute atomic E-state index is 0.679. The molecular weight excluding hydrogens is 230 g/mol. The molecule has 1 heteroatoms. The normalized spacial score (nSPS) is 23.6. The van der Waals surface area contributed by atoms with Gasteiger partial charge in [0.05, 0.1) is 0 Å². The highest BCUT2D eigenvalue weighted by atomic mass is 14.9. The van der Waals surface area contributed by atoms with E-state index >= 15 is 0 Å². The summed E-state index contributed by atoms with van der Waals surface area (Å²) >= 11 is 0. The molecule has 106 valence electrons. The molecule has 0 spiro atoms. The molecule has 1 aliphatic rings. The van der Waals surface area contributed by atoms with E-state index in [-0.39, 0.29) is 0 Å². The average Bonchev–Trinajstić information content (AvgIpc) is 2.42. The molecule has 0 aromatic heterocycles. The highest BCUT2D eigenvalue weighted by molar-refractivity contribution is 5.45. The van der Waals surface area contributed by atoms with Crippen LogP contribution >= 0.6 is 0 Å². The van der Waals surface area contributed by atoms with Crippen LogP contribution in [0.15, 0.2) is 24.3 Å². The van der Waals surface area contributed by atoms with E-state index < -0.39 is 0 Å². The Morgan fingerprint density at radius 1 is 1.16 bits per heavy atom. The maximum Gasteiger partial charge on any atom is 0.0342 e. The third kappa shape index (κ3) is 4.26. The van der Waals surface area contributed by atoms with E-state index in [1.165, 1.54) is 49.8 Å². The fourth-order valence-corrected chi connectivity index (χ4v) is 3.26. The summed E-state index contributed by atoms with van der Waals surface area (Å²) in [5.74, 6) is 1.74. The van der Waals surface area contributed by atoms with Crippen molar-refractivity contribution >= 4 is 5.69 Å². The van der Waals surface area contributed by atoms with Gasteiger partial charge < -0.3 is 5.32 Å². The monoisotopic (exact) mass is 259 g/mol. The van der Waals surface area contributed by atoms with Crippen LogP contribution in [0.5, 0.6) is 0 Å². The first kappa shape index (κ1) is 14.4. The van der Waals surface area contributed by atoms with Crippen LogP contribution in [-0.2, 0) is 6.42 Å². The number of benzene rings is 1. The molecule has 1 saturated carbocycles. The topological polar surface area (TPSA) is 12.0 Å². The van der Waals surface area contributed by atoms with Crippen molar-refractivity contribution in [2.45, 2.75) is 65.3 Å². The van der Waals surface area contributed by atoms with Crippen molar-refractivity contribution in [1.82, 2.24) is 0 Å². The van der Waals surface area contributed by atoms with Crippen LogP contribution in [0.25, 0.3) is 0 Å². The lowest BCUT2D eigenvalue weighted by molar-refractivity contribution is 0.264. The fourth-order valence-electron chi connectivity index (χ4n) is 3.26. The third-order valence-electron chi connectivity index (χ3n) is 4.52. The molecule has 1 N–H and O–H groups in total. The van der Waals surface area contributed by atoms with Gasteiger partial charge in [0.2, 0.25) is 0 Å². The molecule has 19 heavy (non-hydrogen) atoms. The molecule has 0 amide bonds. The zero-order valence-electron chi connectivity index (χ0n) is 12.8. The number of hydrogen-bond acceptors (Lipinski definition) is 1. The van der Waals surface area contributed by atoms with Gasteiger partial charge >= 0.3 is 0 Å². The Kier molecular flexibility index (Phi) is 5.30. The van der Waals surface area contributed by atoms with Gasteiger partial charge in [-0.05, 0) is 48.8 Å². The van der Waals surface area contributed by atoms with E-state index in [4.69, 9.17) is 0 Å². The molecule has 0 heterocycles. The molecule has 2 rings (SSSR count). The van der Waals surface area contributed by atoms with E-state index in [1.54, 1.807) is 0 Å². The number of anilines is 1. The van der Waals surface area contributed by atoms with Crippen LogP contribution in [0.2, 0.25) is 0 Å². The smallest absolute Gasteiger partial charge is 0.0342 e. The molecule has 0 saturated heterocycles. The van der Waals surface area contributed by atoms with Crippen LogP contribution in [0.3, 0.4) is 0 Å². The van der Waals surface area contributed by atoms with Crippen molar-refractivity contribution in [3.63, 3.8) is 0 Å². The summed E-state index contributed by atoms with van der Waals surface area (Å²) in [5.41, 5.74) is 2.76. The lowest BCUT2D eigenvalue weighted by Crippen LogP contribution is -2.29. The van der Waals surface area contributed by atoms with Gasteiger partial charge in [-0.2, -0.15) is 0 Å². The second-order valence-corrected chi connectivity index (χ2v) is 6.46. The molecule has 1 aromatic rings. The summed E-state index contributed by atoms with van der Waals surface area (Å²) in [6.07, 6.45) is 7.90. The number of nitrogens with one attached hydrogen (secondary N) is 1. The third-order valence-corrected chi connectivity index (χ3v) is 4.52. The second kappa shape index (κ2) is 6.98. The SMILES string of the molecule is CCCc1ccc(NC2CCCC(C(C)C)C2)cc1. The Labute approximate surface area is 118 Å². The maximum atomic E-state index is 3.74. The molecule has 0 radical (unpaired) electrons. The van der Waals surface area contributed by atoms with Gasteiger partial charge in [-0.1, -0.05) is 52.2 Å². The van der Waals surface area contributed by atoms with Crippen molar-refractivity contribution in [3.05, 3.63) is 29.8 Å². The van der Waals surface area contributed by atoms with E-state index in [1.807, 2.05) is 0 Å². The highest BCUT2D eigenvalue weighted by Gasteiger charge is 2.23. The Bertz CT molecular complexity index is 366. The van der Waals surface area contributed by atoms with Gasteiger partial charge in [0.25, 0.3) is 0 Å². The Morgan fingerprint density at radius 3 is 2.53 bits per heavy atom. The molecular formula is C18H29N. The lowest BCUT2D eigenvalue weighted by Gasteiger charge is -2.32. The summed E-state index contributed by atoms with van der Waals surface area (Å²) in [7, 11) is 0. The van der Waals surface area contributed by atoms with Gasteiger partial charge in [-0.15, -0.1) is 0 Å². The molecule has 0 bridgehead atoms. The lowest BCUT2D eigenvalue weighted by atomic mass is 9.79. The molecule has 2 atom stereocenters. The highest BCUT2D eigenvalue weighted by Crippen LogP contribution is 2.31. The molecule has 1 aromatic carbocycles. The standard InChI is InChI=1S/C18H29N/c1-4-6-15-9-11-17(12-10-15)19-18-8-5-7-16(13-18)14(2)3/h9-12,14,16,18-19H,4-8,13H2,1-3H3. The van der Waals surface area contributed by atoms with Crippen molar-refractivity contribution in [3.8, 4) is 0 Å². The van der Waals surface area contributed by atoms with E-state index in [2.05, 4.69) is 50.4 Å². The summed E-state index contributed by atoms with van der Waals surface area (Å²) in [4.78, 5) is 0. The molecule has 0 aliphatic heterocycles. The second-order valence-electron chi connectivity index (χ2n) is 6.46. The Hall–Kier alpha value is -0.980. The van der Waals surface area contributed by atoms with Crippen molar-refractivity contribution in [2.24, 2.45) is 11.8 Å². The number of hydrogen-bond donors (Lipinski definition) is 1.